The molecule has 0 unspecified atom stereocenters. The molecule has 2 nitrogen and oxygen atoms in total. The molecule has 3 saturated carbocycles. The molecule has 11 rings (SSSR count). The Morgan fingerprint density at radius 2 is 0.948 bits per heavy atom. The van der Waals surface area contributed by atoms with Crippen molar-refractivity contribution in [3.05, 3.63) is 150 Å². The van der Waals surface area contributed by atoms with Crippen molar-refractivity contribution in [2.75, 3.05) is 4.90 Å². The summed E-state index contributed by atoms with van der Waals surface area (Å²) in [6.07, 6.45) is 20.0. The molecule has 0 radical (unpaired) electrons. The van der Waals surface area contributed by atoms with E-state index in [4.69, 9.17) is 4.42 Å². The topological polar surface area (TPSA) is 16.4 Å². The molecule has 8 aromatic rings. The highest BCUT2D eigenvalue weighted by atomic mass is 16.3. The van der Waals surface area contributed by atoms with Gasteiger partial charge in [0.15, 0.2) is 0 Å². The molecule has 0 atom stereocenters. The fourth-order valence-electron chi connectivity index (χ4n) is 11.2. The van der Waals surface area contributed by atoms with Crippen LogP contribution in [0.5, 0.6) is 0 Å². The number of hydrogen-bond donors (Lipinski definition) is 0. The lowest BCUT2D eigenvalue weighted by Gasteiger charge is -2.30. The second-order valence-electron chi connectivity index (χ2n) is 18.0. The quantitative estimate of drug-likeness (QED) is 0.161. The van der Waals surface area contributed by atoms with E-state index in [9.17, 15) is 0 Å². The van der Waals surface area contributed by atoms with Crippen molar-refractivity contribution in [1.29, 1.82) is 0 Å². The maximum Gasteiger partial charge on any atom is 0.137 e. The fraction of sp³-hybridized carbons (Fsp3) is 0.321. The van der Waals surface area contributed by atoms with Crippen LogP contribution in [0.1, 0.15) is 131 Å². The van der Waals surface area contributed by atoms with E-state index < -0.39 is 0 Å². The molecule has 290 valence electrons. The number of hydrogen-bond acceptors (Lipinski definition) is 2. The molecule has 0 amide bonds. The molecule has 3 aliphatic rings. The minimum absolute atomic E-state index is 0.628. The standard InChI is InChI=1S/C56H55NO/c1-4-12-38(13-5-1)41-26-29-48(30-27-41)57(49-31-32-51-50-18-10-11-19-54(50)58-55(51)37-49)53-33-28-43-22-24-45(40-16-8-3-9-17-40)36-52(43)56(53)46-25-21-42-20-23-44(34-47(42)35-46)39-14-6-2-7-15-39/h10-11,18-40H,1-9,12-17H2. The summed E-state index contributed by atoms with van der Waals surface area (Å²) in [5, 5.41) is 7.63. The maximum atomic E-state index is 6.56. The first-order valence-corrected chi connectivity index (χ1v) is 22.7. The molecule has 1 heterocycles. The van der Waals surface area contributed by atoms with Gasteiger partial charge in [-0.15, -0.1) is 0 Å². The van der Waals surface area contributed by atoms with Gasteiger partial charge in [-0.05, 0) is 143 Å². The van der Waals surface area contributed by atoms with Gasteiger partial charge in [0.2, 0.25) is 0 Å². The molecular weight excluding hydrogens is 703 g/mol. The van der Waals surface area contributed by atoms with Crippen molar-refractivity contribution in [3.8, 4) is 11.1 Å². The summed E-state index contributed by atoms with van der Waals surface area (Å²) in [6, 6.07) is 51.6. The van der Waals surface area contributed by atoms with E-state index in [1.54, 1.807) is 0 Å². The molecule has 0 saturated heterocycles. The van der Waals surface area contributed by atoms with Crippen LogP contribution in [0.2, 0.25) is 0 Å². The lowest BCUT2D eigenvalue weighted by atomic mass is 9.82. The Hall–Kier alpha value is -5.34. The molecule has 0 spiro atoms. The van der Waals surface area contributed by atoms with Crippen LogP contribution >= 0.6 is 0 Å². The van der Waals surface area contributed by atoms with Crippen LogP contribution in [-0.4, -0.2) is 0 Å². The second kappa shape index (κ2) is 15.4. The zero-order chi connectivity index (χ0) is 38.4. The van der Waals surface area contributed by atoms with Gasteiger partial charge in [0.05, 0.1) is 5.69 Å². The summed E-state index contributed by atoms with van der Waals surface area (Å²) in [7, 11) is 0. The number of rotatable bonds is 7. The van der Waals surface area contributed by atoms with E-state index in [0.29, 0.717) is 17.8 Å². The van der Waals surface area contributed by atoms with Crippen LogP contribution in [-0.2, 0) is 0 Å². The first-order chi connectivity index (χ1) is 28.7. The van der Waals surface area contributed by atoms with Crippen molar-refractivity contribution >= 4 is 60.5 Å². The molecule has 58 heavy (non-hydrogen) atoms. The SMILES string of the molecule is c1ccc2c(c1)oc1cc(N(c3ccc(C4CCCCC4)cc3)c3ccc4ccc(C5CCCCC5)cc4c3-c3ccc4ccc(C5CCCCC5)cc4c3)ccc12. The van der Waals surface area contributed by atoms with Crippen LogP contribution in [0.3, 0.4) is 0 Å². The van der Waals surface area contributed by atoms with Gasteiger partial charge >= 0.3 is 0 Å². The Kier molecular flexibility index (Phi) is 9.53. The van der Waals surface area contributed by atoms with Crippen molar-refractivity contribution < 1.29 is 4.42 Å². The number of benzene rings is 7. The first kappa shape index (κ1) is 35.8. The third kappa shape index (κ3) is 6.69. The van der Waals surface area contributed by atoms with E-state index in [1.165, 1.54) is 157 Å². The maximum absolute atomic E-state index is 6.56. The van der Waals surface area contributed by atoms with Crippen LogP contribution in [0, 0.1) is 0 Å². The van der Waals surface area contributed by atoms with E-state index in [2.05, 4.69) is 138 Å². The smallest absolute Gasteiger partial charge is 0.137 e. The average Bonchev–Trinajstić information content (AvgIpc) is 3.67. The Bertz CT molecular complexity index is 2740. The molecule has 2 heteroatoms. The predicted octanol–water partition coefficient (Wildman–Crippen LogP) is 17.2. The van der Waals surface area contributed by atoms with Crippen molar-refractivity contribution in [2.24, 2.45) is 0 Å². The summed E-state index contributed by atoms with van der Waals surface area (Å²) in [5.41, 5.74) is 12.4. The Morgan fingerprint density at radius 1 is 0.379 bits per heavy atom. The number of nitrogens with zero attached hydrogens (tertiary/aromatic N) is 1. The van der Waals surface area contributed by atoms with E-state index in [-0.39, 0.29) is 0 Å². The minimum atomic E-state index is 0.628. The molecular formula is C56H55NO. The van der Waals surface area contributed by atoms with Crippen LogP contribution < -0.4 is 4.90 Å². The summed E-state index contributed by atoms with van der Waals surface area (Å²) < 4.78 is 6.56. The molecule has 0 bridgehead atoms. The molecule has 7 aromatic carbocycles. The second-order valence-corrected chi connectivity index (χ2v) is 18.0. The van der Waals surface area contributed by atoms with Gasteiger partial charge in [0, 0.05) is 33.8 Å². The molecule has 1 aromatic heterocycles. The molecule has 3 aliphatic carbocycles. The van der Waals surface area contributed by atoms with Gasteiger partial charge in [-0.2, -0.15) is 0 Å². The van der Waals surface area contributed by atoms with Gasteiger partial charge in [0.1, 0.15) is 11.2 Å². The zero-order valence-electron chi connectivity index (χ0n) is 33.9. The van der Waals surface area contributed by atoms with Gasteiger partial charge in [-0.25, -0.2) is 0 Å². The summed E-state index contributed by atoms with van der Waals surface area (Å²) >= 11 is 0. The lowest BCUT2D eigenvalue weighted by molar-refractivity contribution is 0.443. The number of anilines is 3. The monoisotopic (exact) mass is 757 g/mol. The van der Waals surface area contributed by atoms with Crippen molar-refractivity contribution in [1.82, 2.24) is 0 Å². The van der Waals surface area contributed by atoms with Gasteiger partial charge in [0.25, 0.3) is 0 Å². The number of furan rings is 1. The van der Waals surface area contributed by atoms with E-state index in [1.807, 2.05) is 0 Å². The van der Waals surface area contributed by atoms with Crippen LogP contribution in [0.15, 0.2) is 138 Å². The minimum Gasteiger partial charge on any atom is -0.456 e. The van der Waals surface area contributed by atoms with E-state index in [0.717, 1.165) is 27.6 Å². The fourth-order valence-corrected chi connectivity index (χ4v) is 11.2. The average molecular weight is 758 g/mol. The normalized spacial score (nSPS) is 17.4. The predicted molar refractivity (Wildman–Crippen MR) is 246 cm³/mol. The largest absolute Gasteiger partial charge is 0.456 e. The van der Waals surface area contributed by atoms with Crippen molar-refractivity contribution in [3.63, 3.8) is 0 Å². The first-order valence-electron chi connectivity index (χ1n) is 22.7. The molecule has 0 N–H and O–H groups in total. The molecule has 0 aliphatic heterocycles. The zero-order valence-corrected chi connectivity index (χ0v) is 33.9. The third-order valence-corrected chi connectivity index (χ3v) is 14.4. The highest BCUT2D eigenvalue weighted by molar-refractivity contribution is 6.09. The highest BCUT2D eigenvalue weighted by Crippen LogP contribution is 2.48. The van der Waals surface area contributed by atoms with Crippen molar-refractivity contribution in [2.45, 2.75) is 114 Å². The Morgan fingerprint density at radius 3 is 1.67 bits per heavy atom. The Labute approximate surface area is 343 Å². The van der Waals surface area contributed by atoms with E-state index >= 15 is 0 Å². The number of para-hydroxylation sites is 1. The van der Waals surface area contributed by atoms with Gasteiger partial charge in [-0.3, -0.25) is 0 Å². The molecule has 3 fully saturated rings. The Balaban J connectivity index is 1.13. The number of fused-ring (bicyclic) bond motifs is 5. The lowest BCUT2D eigenvalue weighted by Crippen LogP contribution is -2.12. The third-order valence-electron chi connectivity index (χ3n) is 14.4. The highest BCUT2D eigenvalue weighted by Gasteiger charge is 2.24. The summed E-state index contributed by atoms with van der Waals surface area (Å²) in [6.45, 7) is 0. The van der Waals surface area contributed by atoms with Crippen LogP contribution in [0.4, 0.5) is 17.1 Å². The van der Waals surface area contributed by atoms with Gasteiger partial charge < -0.3 is 9.32 Å². The van der Waals surface area contributed by atoms with Gasteiger partial charge in [-0.1, -0.05) is 143 Å². The van der Waals surface area contributed by atoms with Crippen LogP contribution in [0.25, 0.3) is 54.6 Å². The summed E-state index contributed by atoms with van der Waals surface area (Å²) in [5.74, 6) is 1.96. The summed E-state index contributed by atoms with van der Waals surface area (Å²) in [4.78, 5) is 2.52.